The van der Waals surface area contributed by atoms with E-state index in [1.165, 1.54) is 12.5 Å². The van der Waals surface area contributed by atoms with E-state index in [9.17, 15) is 4.79 Å². The number of esters is 1. The highest BCUT2D eigenvalue weighted by Crippen LogP contribution is 2.16. The Morgan fingerprint density at radius 1 is 1.36 bits per heavy atom. The van der Waals surface area contributed by atoms with E-state index < -0.39 is 0 Å². The summed E-state index contributed by atoms with van der Waals surface area (Å²) in [6.45, 7) is 9.80. The van der Waals surface area contributed by atoms with Gasteiger partial charge in [-0.3, -0.25) is 4.79 Å². The summed E-state index contributed by atoms with van der Waals surface area (Å²) in [5.74, 6) is 0.222. The van der Waals surface area contributed by atoms with Gasteiger partial charge in [0.15, 0.2) is 0 Å². The normalized spacial score (nSPS) is 14.4. The maximum absolute atomic E-state index is 10.8. The lowest BCUT2D eigenvalue weighted by Gasteiger charge is -2.21. The zero-order valence-electron chi connectivity index (χ0n) is 9.96. The van der Waals surface area contributed by atoms with Crippen LogP contribution in [0.2, 0.25) is 0 Å². The predicted molar refractivity (Wildman–Crippen MR) is 59.1 cm³/mol. The van der Waals surface area contributed by atoms with E-state index in [0.717, 1.165) is 12.8 Å². The summed E-state index contributed by atoms with van der Waals surface area (Å²) in [5.41, 5.74) is 1.31. The van der Waals surface area contributed by atoms with Crippen molar-refractivity contribution in [1.82, 2.24) is 0 Å². The third-order valence-corrected chi connectivity index (χ3v) is 2.25. The summed E-state index contributed by atoms with van der Waals surface area (Å²) in [7, 11) is 0. The number of hydrogen-bond donors (Lipinski definition) is 0. The highest BCUT2D eigenvalue weighted by Gasteiger charge is 2.16. The Balaban J connectivity index is 4.10. The quantitative estimate of drug-likeness (QED) is 0.500. The zero-order valence-corrected chi connectivity index (χ0v) is 9.96. The molecule has 0 rings (SSSR count). The lowest BCUT2D eigenvalue weighted by atomic mass is 9.97. The standard InChI is InChI=1S/C12H22O2/c1-6-12(14-11(5)13)10(4)8-7-9(2)3/h7,10,12H,6,8H2,1-5H3. The molecule has 2 atom stereocenters. The van der Waals surface area contributed by atoms with Gasteiger partial charge in [-0.1, -0.05) is 25.5 Å². The molecule has 0 aliphatic rings. The molecule has 0 aromatic carbocycles. The molecule has 82 valence electrons. The lowest BCUT2D eigenvalue weighted by molar-refractivity contribution is -0.148. The van der Waals surface area contributed by atoms with Crippen molar-refractivity contribution >= 4 is 5.97 Å². The second-order valence-corrected chi connectivity index (χ2v) is 4.05. The van der Waals surface area contributed by atoms with Gasteiger partial charge in [-0.15, -0.1) is 0 Å². The Labute approximate surface area is 87.3 Å². The average molecular weight is 198 g/mol. The number of carbonyl (C=O) groups is 1. The third-order valence-electron chi connectivity index (χ3n) is 2.25. The smallest absolute Gasteiger partial charge is 0.302 e. The highest BCUT2D eigenvalue weighted by molar-refractivity contribution is 5.66. The van der Waals surface area contributed by atoms with Crippen LogP contribution in [0.3, 0.4) is 0 Å². The molecule has 2 unspecified atom stereocenters. The van der Waals surface area contributed by atoms with Crippen molar-refractivity contribution in [3.05, 3.63) is 11.6 Å². The van der Waals surface area contributed by atoms with Gasteiger partial charge in [-0.2, -0.15) is 0 Å². The number of hydrogen-bond acceptors (Lipinski definition) is 2. The minimum absolute atomic E-state index is 0.0584. The Kier molecular flexibility index (Phi) is 6.26. The first-order valence-electron chi connectivity index (χ1n) is 5.28. The molecule has 0 saturated heterocycles. The molecule has 0 aromatic heterocycles. The van der Waals surface area contributed by atoms with Crippen molar-refractivity contribution in [3.63, 3.8) is 0 Å². The molecule has 0 aromatic rings. The van der Waals surface area contributed by atoms with Crippen LogP contribution in [0.1, 0.15) is 47.5 Å². The van der Waals surface area contributed by atoms with E-state index in [1.54, 1.807) is 0 Å². The van der Waals surface area contributed by atoms with E-state index in [2.05, 4.69) is 26.8 Å². The molecule has 2 nitrogen and oxygen atoms in total. The van der Waals surface area contributed by atoms with Gasteiger partial charge in [0.1, 0.15) is 6.10 Å². The molecule has 0 bridgehead atoms. The minimum Gasteiger partial charge on any atom is -0.462 e. The summed E-state index contributed by atoms with van der Waals surface area (Å²) in [6, 6.07) is 0. The van der Waals surface area contributed by atoms with Gasteiger partial charge in [0.05, 0.1) is 0 Å². The highest BCUT2D eigenvalue weighted by atomic mass is 16.5. The van der Waals surface area contributed by atoms with Gasteiger partial charge in [-0.05, 0) is 32.6 Å². The van der Waals surface area contributed by atoms with Crippen LogP contribution < -0.4 is 0 Å². The Morgan fingerprint density at radius 2 is 1.93 bits per heavy atom. The molecular weight excluding hydrogens is 176 g/mol. The Morgan fingerprint density at radius 3 is 2.29 bits per heavy atom. The van der Waals surface area contributed by atoms with Crippen molar-refractivity contribution in [2.45, 2.75) is 53.6 Å². The van der Waals surface area contributed by atoms with Crippen molar-refractivity contribution in [3.8, 4) is 0 Å². The van der Waals surface area contributed by atoms with Crippen LogP contribution in [0.25, 0.3) is 0 Å². The number of allylic oxidation sites excluding steroid dienone is 2. The van der Waals surface area contributed by atoms with E-state index in [0.29, 0.717) is 5.92 Å². The first-order chi connectivity index (χ1) is 6.47. The van der Waals surface area contributed by atoms with E-state index in [-0.39, 0.29) is 12.1 Å². The number of ether oxygens (including phenoxy) is 1. The number of rotatable bonds is 5. The fourth-order valence-electron chi connectivity index (χ4n) is 1.39. The van der Waals surface area contributed by atoms with Crippen molar-refractivity contribution < 1.29 is 9.53 Å². The molecule has 0 spiro atoms. The molecule has 0 heterocycles. The summed E-state index contributed by atoms with van der Waals surface area (Å²) >= 11 is 0. The van der Waals surface area contributed by atoms with Crippen LogP contribution in [0.5, 0.6) is 0 Å². The van der Waals surface area contributed by atoms with Crippen molar-refractivity contribution in [2.75, 3.05) is 0 Å². The lowest BCUT2D eigenvalue weighted by Crippen LogP contribution is -2.23. The monoisotopic (exact) mass is 198 g/mol. The largest absolute Gasteiger partial charge is 0.462 e. The van der Waals surface area contributed by atoms with Crippen LogP contribution in [0.4, 0.5) is 0 Å². The molecule has 0 amide bonds. The van der Waals surface area contributed by atoms with E-state index in [4.69, 9.17) is 4.74 Å². The predicted octanol–water partition coefficient (Wildman–Crippen LogP) is 3.32. The van der Waals surface area contributed by atoms with Gasteiger partial charge in [0.2, 0.25) is 0 Å². The Hall–Kier alpha value is -0.790. The van der Waals surface area contributed by atoms with E-state index >= 15 is 0 Å². The van der Waals surface area contributed by atoms with Gasteiger partial charge < -0.3 is 4.74 Å². The fourth-order valence-corrected chi connectivity index (χ4v) is 1.39. The first kappa shape index (κ1) is 13.2. The molecule has 14 heavy (non-hydrogen) atoms. The van der Waals surface area contributed by atoms with Crippen LogP contribution >= 0.6 is 0 Å². The van der Waals surface area contributed by atoms with Crippen LogP contribution in [0.15, 0.2) is 11.6 Å². The summed E-state index contributed by atoms with van der Waals surface area (Å²) in [4.78, 5) is 10.8. The molecule has 0 aliphatic carbocycles. The second kappa shape index (κ2) is 6.63. The molecule has 0 saturated carbocycles. The van der Waals surface area contributed by atoms with Gasteiger partial charge in [-0.25, -0.2) is 0 Å². The fraction of sp³-hybridized carbons (Fsp3) is 0.750. The molecule has 2 heteroatoms. The Bertz CT molecular complexity index is 202. The van der Waals surface area contributed by atoms with Gasteiger partial charge in [0, 0.05) is 6.92 Å². The third kappa shape index (κ3) is 5.79. The van der Waals surface area contributed by atoms with Crippen molar-refractivity contribution in [1.29, 1.82) is 0 Å². The topological polar surface area (TPSA) is 26.3 Å². The van der Waals surface area contributed by atoms with E-state index in [1.807, 2.05) is 6.92 Å². The van der Waals surface area contributed by atoms with Crippen LogP contribution in [-0.2, 0) is 9.53 Å². The molecule has 0 radical (unpaired) electrons. The molecule has 0 N–H and O–H groups in total. The maximum atomic E-state index is 10.8. The van der Waals surface area contributed by atoms with Crippen molar-refractivity contribution in [2.24, 2.45) is 5.92 Å². The van der Waals surface area contributed by atoms with Crippen LogP contribution in [0, 0.1) is 5.92 Å². The second-order valence-electron chi connectivity index (χ2n) is 4.05. The van der Waals surface area contributed by atoms with Crippen LogP contribution in [-0.4, -0.2) is 12.1 Å². The molecule has 0 fully saturated rings. The first-order valence-corrected chi connectivity index (χ1v) is 5.28. The van der Waals surface area contributed by atoms with Gasteiger partial charge in [0.25, 0.3) is 0 Å². The molecule has 0 aliphatic heterocycles. The van der Waals surface area contributed by atoms with Gasteiger partial charge >= 0.3 is 5.97 Å². The summed E-state index contributed by atoms with van der Waals surface area (Å²) in [5, 5.41) is 0. The SMILES string of the molecule is CCC(OC(C)=O)C(C)CC=C(C)C. The number of carbonyl (C=O) groups excluding carboxylic acids is 1. The minimum atomic E-state index is -0.180. The zero-order chi connectivity index (χ0) is 11.1. The maximum Gasteiger partial charge on any atom is 0.302 e. The summed E-state index contributed by atoms with van der Waals surface area (Å²) in [6.07, 6.45) is 4.12. The summed E-state index contributed by atoms with van der Waals surface area (Å²) < 4.78 is 5.23. The average Bonchev–Trinajstić information content (AvgIpc) is 2.09. The molecular formula is C12H22O2.